The van der Waals surface area contributed by atoms with Crippen LogP contribution in [0.1, 0.15) is 6.92 Å². The van der Waals surface area contributed by atoms with Crippen LogP contribution in [0.15, 0.2) is 11.6 Å². The van der Waals surface area contributed by atoms with Crippen LogP contribution in [0.4, 0.5) is 0 Å². The number of rotatable bonds is 7. The molecule has 0 amide bonds. The molecule has 0 aliphatic carbocycles. The summed E-state index contributed by atoms with van der Waals surface area (Å²) in [6.07, 6.45) is 0.577. The second kappa shape index (κ2) is 7.49. The molecule has 0 rings (SSSR count). The highest BCUT2D eigenvalue weighted by Crippen LogP contribution is 1.89. The zero-order chi connectivity index (χ0) is 11.0. The molecular weight excluding hydrogens is 186 g/mol. The Balaban J connectivity index is 3.58. The van der Waals surface area contributed by atoms with Crippen LogP contribution in [0.5, 0.6) is 0 Å². The predicted molar refractivity (Wildman–Crippen MR) is 52.1 cm³/mol. The maximum atomic E-state index is 10.2. The van der Waals surface area contributed by atoms with Crippen molar-refractivity contribution in [2.45, 2.75) is 13.0 Å². The summed E-state index contributed by atoms with van der Waals surface area (Å²) in [4.78, 5) is 10.2. The van der Waals surface area contributed by atoms with E-state index in [9.17, 15) is 9.90 Å². The number of carbonyl (C=O) groups is 1. The Labute approximate surface area is 83.4 Å². The first-order chi connectivity index (χ1) is 6.56. The Morgan fingerprint density at radius 1 is 1.64 bits per heavy atom. The van der Waals surface area contributed by atoms with E-state index < -0.39 is 12.1 Å². The molecule has 0 saturated carbocycles. The smallest absolute Gasteiger partial charge is 0.328 e. The normalized spacial score (nSPS) is 14.1. The minimum atomic E-state index is -0.957. The van der Waals surface area contributed by atoms with Crippen LogP contribution in [0.2, 0.25) is 0 Å². The summed E-state index contributed by atoms with van der Waals surface area (Å²) in [5.41, 5.74) is 0.710. The predicted octanol–water partition coefficient (Wildman–Crippen LogP) is -0.386. The molecule has 1 atom stereocenters. The summed E-state index contributed by atoms with van der Waals surface area (Å²) >= 11 is 0. The molecule has 0 heterocycles. The van der Waals surface area contributed by atoms with E-state index in [0.29, 0.717) is 18.7 Å². The van der Waals surface area contributed by atoms with Crippen LogP contribution in [-0.4, -0.2) is 49.1 Å². The monoisotopic (exact) mass is 203 g/mol. The lowest BCUT2D eigenvalue weighted by atomic mass is 10.2. The number of hydrogen-bond acceptors (Lipinski definition) is 4. The Morgan fingerprint density at radius 2 is 2.29 bits per heavy atom. The molecule has 0 aromatic rings. The van der Waals surface area contributed by atoms with Crippen molar-refractivity contribution < 1.29 is 19.7 Å². The molecule has 0 spiro atoms. The molecule has 5 heteroatoms. The van der Waals surface area contributed by atoms with Gasteiger partial charge in [-0.1, -0.05) is 5.57 Å². The van der Waals surface area contributed by atoms with Gasteiger partial charge in [0.05, 0.1) is 12.7 Å². The van der Waals surface area contributed by atoms with Gasteiger partial charge in [-0.3, -0.25) is 0 Å². The molecule has 3 N–H and O–H groups in total. The second-order valence-corrected chi connectivity index (χ2v) is 3.07. The number of aliphatic hydroxyl groups is 1. The van der Waals surface area contributed by atoms with Gasteiger partial charge < -0.3 is 20.3 Å². The first kappa shape index (κ1) is 13.1. The number of aliphatic carboxylic acids is 1. The minimum absolute atomic E-state index is 0.273. The van der Waals surface area contributed by atoms with E-state index in [4.69, 9.17) is 9.84 Å². The molecule has 0 saturated heterocycles. The first-order valence-corrected chi connectivity index (χ1v) is 4.34. The highest BCUT2D eigenvalue weighted by Gasteiger charge is 2.02. The third kappa shape index (κ3) is 7.72. The molecule has 0 aromatic heterocycles. The number of nitrogens with one attached hydrogen (secondary N) is 1. The molecule has 0 bridgehead atoms. The van der Waals surface area contributed by atoms with Crippen molar-refractivity contribution in [3.63, 3.8) is 0 Å². The largest absolute Gasteiger partial charge is 0.478 e. The van der Waals surface area contributed by atoms with Crippen molar-refractivity contribution in [1.29, 1.82) is 0 Å². The third-order valence-corrected chi connectivity index (χ3v) is 1.51. The molecule has 0 fully saturated rings. The summed E-state index contributed by atoms with van der Waals surface area (Å²) in [7, 11) is 1.51. The lowest BCUT2D eigenvalue weighted by molar-refractivity contribution is -0.131. The quantitative estimate of drug-likeness (QED) is 0.491. The molecule has 0 aromatic carbocycles. The maximum Gasteiger partial charge on any atom is 0.328 e. The van der Waals surface area contributed by atoms with Gasteiger partial charge in [0, 0.05) is 26.3 Å². The number of carboxylic acid groups (broad SMARTS) is 1. The van der Waals surface area contributed by atoms with E-state index in [-0.39, 0.29) is 6.61 Å². The molecule has 0 radical (unpaired) electrons. The summed E-state index contributed by atoms with van der Waals surface area (Å²) in [6.45, 7) is 2.82. The number of carboxylic acids is 1. The zero-order valence-electron chi connectivity index (χ0n) is 8.49. The van der Waals surface area contributed by atoms with Gasteiger partial charge in [-0.15, -0.1) is 0 Å². The minimum Gasteiger partial charge on any atom is -0.478 e. The summed E-state index contributed by atoms with van der Waals surface area (Å²) in [6, 6.07) is 0. The number of ether oxygens (including phenoxy) is 1. The fourth-order valence-corrected chi connectivity index (χ4v) is 0.949. The standard InChI is InChI=1S/C9H17NO4/c1-7(3-9(12)13)4-10-5-8(11)6-14-2/h3,8,10-11H,4-6H2,1-2H3,(H,12,13). The van der Waals surface area contributed by atoms with E-state index in [1.54, 1.807) is 6.92 Å². The maximum absolute atomic E-state index is 10.2. The van der Waals surface area contributed by atoms with Crippen LogP contribution in [0.3, 0.4) is 0 Å². The van der Waals surface area contributed by atoms with Crippen molar-refractivity contribution in [3.05, 3.63) is 11.6 Å². The SMILES string of the molecule is COCC(O)CNCC(C)=CC(=O)O. The number of hydrogen-bond donors (Lipinski definition) is 3. The number of methoxy groups -OCH3 is 1. The Morgan fingerprint density at radius 3 is 2.79 bits per heavy atom. The summed E-state index contributed by atoms with van der Waals surface area (Å²) < 4.78 is 4.73. The van der Waals surface area contributed by atoms with Crippen LogP contribution in [0.25, 0.3) is 0 Å². The summed E-state index contributed by atoms with van der Waals surface area (Å²) in [5.74, 6) is -0.957. The molecule has 82 valence electrons. The van der Waals surface area contributed by atoms with Gasteiger partial charge in [-0.2, -0.15) is 0 Å². The fraction of sp³-hybridized carbons (Fsp3) is 0.667. The van der Waals surface area contributed by atoms with Crippen LogP contribution >= 0.6 is 0 Å². The van der Waals surface area contributed by atoms with E-state index >= 15 is 0 Å². The van der Waals surface area contributed by atoms with Crippen LogP contribution < -0.4 is 5.32 Å². The van der Waals surface area contributed by atoms with Crippen molar-refractivity contribution in [1.82, 2.24) is 5.32 Å². The Bertz CT molecular complexity index is 203. The second-order valence-electron chi connectivity index (χ2n) is 3.07. The van der Waals surface area contributed by atoms with Crippen LogP contribution in [-0.2, 0) is 9.53 Å². The van der Waals surface area contributed by atoms with E-state index in [1.807, 2.05) is 0 Å². The van der Waals surface area contributed by atoms with Gasteiger partial charge >= 0.3 is 5.97 Å². The Hall–Kier alpha value is -0.910. The Kier molecular flexibility index (Phi) is 7.00. The van der Waals surface area contributed by atoms with E-state index in [2.05, 4.69) is 5.32 Å². The third-order valence-electron chi connectivity index (χ3n) is 1.51. The average Bonchev–Trinajstić information content (AvgIpc) is 2.02. The van der Waals surface area contributed by atoms with E-state index in [0.717, 1.165) is 6.08 Å². The molecule has 14 heavy (non-hydrogen) atoms. The molecular formula is C9H17NO4. The van der Waals surface area contributed by atoms with Crippen molar-refractivity contribution >= 4 is 5.97 Å². The fourth-order valence-electron chi connectivity index (χ4n) is 0.949. The van der Waals surface area contributed by atoms with Gasteiger partial charge in [-0.05, 0) is 6.92 Å². The number of aliphatic hydroxyl groups excluding tert-OH is 1. The highest BCUT2D eigenvalue weighted by atomic mass is 16.5. The van der Waals surface area contributed by atoms with Gasteiger partial charge in [-0.25, -0.2) is 4.79 Å². The van der Waals surface area contributed by atoms with Gasteiger partial charge in [0.15, 0.2) is 0 Å². The lowest BCUT2D eigenvalue weighted by Crippen LogP contribution is -2.31. The molecule has 0 aliphatic rings. The molecule has 5 nitrogen and oxygen atoms in total. The van der Waals surface area contributed by atoms with E-state index in [1.165, 1.54) is 7.11 Å². The average molecular weight is 203 g/mol. The van der Waals surface area contributed by atoms with Gasteiger partial charge in [0.25, 0.3) is 0 Å². The van der Waals surface area contributed by atoms with Gasteiger partial charge in [0.1, 0.15) is 0 Å². The zero-order valence-corrected chi connectivity index (χ0v) is 8.49. The van der Waals surface area contributed by atoms with Crippen LogP contribution in [0, 0.1) is 0 Å². The van der Waals surface area contributed by atoms with Gasteiger partial charge in [0.2, 0.25) is 0 Å². The summed E-state index contributed by atoms with van der Waals surface area (Å²) in [5, 5.41) is 20.5. The molecule has 1 unspecified atom stereocenters. The lowest BCUT2D eigenvalue weighted by Gasteiger charge is -2.10. The molecule has 0 aliphatic heterocycles. The highest BCUT2D eigenvalue weighted by molar-refractivity contribution is 5.80. The van der Waals surface area contributed by atoms with Crippen molar-refractivity contribution in [3.8, 4) is 0 Å². The first-order valence-electron chi connectivity index (χ1n) is 4.34. The topological polar surface area (TPSA) is 78.8 Å². The van der Waals surface area contributed by atoms with Crippen molar-refractivity contribution in [2.24, 2.45) is 0 Å². The van der Waals surface area contributed by atoms with Crippen molar-refractivity contribution in [2.75, 3.05) is 26.8 Å².